The van der Waals surface area contributed by atoms with Crippen molar-refractivity contribution in [2.75, 3.05) is 5.32 Å². The topological polar surface area (TPSA) is 132 Å². The first-order valence-electron chi connectivity index (χ1n) is 10.1. The van der Waals surface area contributed by atoms with Crippen LogP contribution >= 0.6 is 0 Å². The first-order valence-corrected chi connectivity index (χ1v) is 10.1. The molecule has 2 N–H and O–H groups in total. The molecule has 1 fully saturated rings. The second kappa shape index (κ2) is 7.38. The molecule has 10 nitrogen and oxygen atoms in total. The van der Waals surface area contributed by atoms with Gasteiger partial charge in [0.05, 0.1) is 12.0 Å². The molecule has 0 bridgehead atoms. The minimum atomic E-state index is -0.477. The minimum absolute atomic E-state index is 0.0890. The molecule has 0 saturated heterocycles. The molecule has 10 heteroatoms. The van der Waals surface area contributed by atoms with Crippen molar-refractivity contribution in [3.05, 3.63) is 63.5 Å². The number of hydrogen-bond donors (Lipinski definition) is 2. The Morgan fingerprint density at radius 3 is 2.84 bits per heavy atom. The highest BCUT2D eigenvalue weighted by Gasteiger charge is 2.29. The van der Waals surface area contributed by atoms with Crippen LogP contribution in [0, 0.1) is 6.92 Å². The molecule has 0 aromatic carbocycles. The summed E-state index contributed by atoms with van der Waals surface area (Å²) in [5, 5.41) is 11.2. The predicted molar refractivity (Wildman–Crippen MR) is 110 cm³/mol. The molecule has 5 rings (SSSR count). The molecule has 4 aromatic rings. The third kappa shape index (κ3) is 3.56. The monoisotopic (exact) mass is 420 g/mol. The molecule has 31 heavy (non-hydrogen) atoms. The van der Waals surface area contributed by atoms with Crippen LogP contribution in [0.2, 0.25) is 0 Å². The number of amides is 1. The van der Waals surface area contributed by atoms with Crippen LogP contribution < -0.4 is 10.9 Å². The summed E-state index contributed by atoms with van der Waals surface area (Å²) in [5.74, 6) is 1.33. The number of rotatable bonds is 6. The first-order chi connectivity index (χ1) is 15.0. The lowest BCUT2D eigenvalue weighted by Crippen LogP contribution is -2.22. The Morgan fingerprint density at radius 1 is 1.32 bits per heavy atom. The largest absolute Gasteiger partial charge is 0.461 e. The molecule has 1 aliphatic rings. The summed E-state index contributed by atoms with van der Waals surface area (Å²) >= 11 is 0. The number of aryl methyl sites for hydroxylation is 1. The highest BCUT2D eigenvalue weighted by Crippen LogP contribution is 2.40. The van der Waals surface area contributed by atoms with Gasteiger partial charge in [-0.05, 0) is 38.3 Å². The molecular weight excluding hydrogens is 400 g/mol. The van der Waals surface area contributed by atoms with Gasteiger partial charge in [-0.3, -0.25) is 14.6 Å². The lowest BCUT2D eigenvalue weighted by Gasteiger charge is -2.09. The SMILES string of the molecule is CCc1c(C)nc(-n2nc(C3CC3)cc2NC(=O)c2cc(-c3ccco3)on2)[nH]c1=O. The Bertz CT molecular complexity index is 1310. The number of aromatic amines is 1. The fourth-order valence-electron chi connectivity index (χ4n) is 3.44. The van der Waals surface area contributed by atoms with Crippen molar-refractivity contribution in [3.63, 3.8) is 0 Å². The van der Waals surface area contributed by atoms with E-state index in [2.05, 4.69) is 25.5 Å². The third-order valence-electron chi connectivity index (χ3n) is 5.24. The van der Waals surface area contributed by atoms with E-state index in [0.29, 0.717) is 40.9 Å². The van der Waals surface area contributed by atoms with Crippen LogP contribution in [-0.2, 0) is 6.42 Å². The lowest BCUT2D eigenvalue weighted by atomic mass is 10.2. The van der Waals surface area contributed by atoms with Crippen molar-refractivity contribution in [3.8, 4) is 17.5 Å². The maximum atomic E-state index is 12.8. The van der Waals surface area contributed by atoms with E-state index in [1.54, 1.807) is 25.1 Å². The third-order valence-corrected chi connectivity index (χ3v) is 5.24. The second-order valence-electron chi connectivity index (χ2n) is 7.46. The van der Waals surface area contributed by atoms with E-state index in [1.165, 1.54) is 17.0 Å². The molecule has 1 aliphatic carbocycles. The summed E-state index contributed by atoms with van der Waals surface area (Å²) in [4.78, 5) is 32.5. The maximum absolute atomic E-state index is 12.8. The predicted octanol–water partition coefficient (Wildman–Crippen LogP) is 3.20. The van der Waals surface area contributed by atoms with Crippen LogP contribution in [0.4, 0.5) is 5.82 Å². The van der Waals surface area contributed by atoms with Gasteiger partial charge in [-0.2, -0.15) is 9.78 Å². The Morgan fingerprint density at radius 2 is 2.16 bits per heavy atom. The maximum Gasteiger partial charge on any atom is 0.279 e. The Kier molecular flexibility index (Phi) is 4.54. The average Bonchev–Trinajstić information content (AvgIpc) is 3.13. The van der Waals surface area contributed by atoms with E-state index in [-0.39, 0.29) is 17.2 Å². The highest BCUT2D eigenvalue weighted by molar-refractivity contribution is 6.02. The van der Waals surface area contributed by atoms with Crippen LogP contribution in [0.5, 0.6) is 0 Å². The Hall–Kier alpha value is -3.95. The molecule has 0 aliphatic heterocycles. The van der Waals surface area contributed by atoms with E-state index in [4.69, 9.17) is 8.94 Å². The Balaban J connectivity index is 1.48. The van der Waals surface area contributed by atoms with Crippen molar-refractivity contribution in [2.45, 2.75) is 39.0 Å². The number of carbonyl (C=O) groups excluding carboxylic acids is 1. The number of nitrogens with one attached hydrogen (secondary N) is 2. The zero-order chi connectivity index (χ0) is 21.5. The van der Waals surface area contributed by atoms with Crippen molar-refractivity contribution in [1.29, 1.82) is 0 Å². The molecule has 4 aromatic heterocycles. The van der Waals surface area contributed by atoms with Crippen molar-refractivity contribution >= 4 is 11.7 Å². The van der Waals surface area contributed by atoms with E-state index < -0.39 is 5.91 Å². The summed E-state index contributed by atoms with van der Waals surface area (Å²) in [6.07, 6.45) is 4.17. The van der Waals surface area contributed by atoms with Gasteiger partial charge < -0.3 is 14.3 Å². The number of aromatic nitrogens is 5. The first kappa shape index (κ1) is 19.0. The molecule has 1 saturated carbocycles. The van der Waals surface area contributed by atoms with Gasteiger partial charge in [0.15, 0.2) is 11.5 Å². The number of hydrogen-bond acceptors (Lipinski definition) is 7. The normalized spacial score (nSPS) is 13.5. The van der Waals surface area contributed by atoms with Gasteiger partial charge in [-0.15, -0.1) is 0 Å². The quantitative estimate of drug-likeness (QED) is 0.489. The zero-order valence-corrected chi connectivity index (χ0v) is 17.0. The molecule has 1 amide bonds. The summed E-state index contributed by atoms with van der Waals surface area (Å²) in [7, 11) is 0. The van der Waals surface area contributed by atoms with E-state index >= 15 is 0 Å². The van der Waals surface area contributed by atoms with Gasteiger partial charge in [0.25, 0.3) is 11.5 Å². The second-order valence-corrected chi connectivity index (χ2v) is 7.46. The van der Waals surface area contributed by atoms with Crippen LogP contribution in [0.1, 0.15) is 53.1 Å². The molecule has 0 radical (unpaired) electrons. The molecule has 4 heterocycles. The van der Waals surface area contributed by atoms with Crippen molar-refractivity contribution < 1.29 is 13.7 Å². The van der Waals surface area contributed by atoms with E-state index in [0.717, 1.165) is 18.5 Å². The van der Waals surface area contributed by atoms with Gasteiger partial charge in [-0.1, -0.05) is 12.1 Å². The molecule has 0 spiro atoms. The number of H-pyrrole nitrogens is 1. The fourth-order valence-corrected chi connectivity index (χ4v) is 3.44. The van der Waals surface area contributed by atoms with Gasteiger partial charge in [0.2, 0.25) is 11.7 Å². The standard InChI is InChI=1S/C21H20N6O4/c1-3-13-11(2)22-21(24-19(13)28)27-18(10-14(25-27)12-6-7-12)23-20(29)15-9-17(31-26-15)16-5-4-8-30-16/h4-5,8-10,12H,3,6-7H2,1-2H3,(H,23,29)(H,22,24,28). The fraction of sp³-hybridized carbons (Fsp3) is 0.286. The van der Waals surface area contributed by atoms with Crippen LogP contribution in [-0.4, -0.2) is 30.8 Å². The number of nitrogens with zero attached hydrogens (tertiary/aromatic N) is 4. The number of anilines is 1. The number of furan rings is 1. The summed E-state index contributed by atoms with van der Waals surface area (Å²) in [6, 6.07) is 6.72. The summed E-state index contributed by atoms with van der Waals surface area (Å²) < 4.78 is 11.9. The highest BCUT2D eigenvalue weighted by atomic mass is 16.5. The van der Waals surface area contributed by atoms with Gasteiger partial charge in [0, 0.05) is 29.3 Å². The average molecular weight is 420 g/mol. The Labute approximate surface area is 176 Å². The van der Waals surface area contributed by atoms with Crippen LogP contribution in [0.3, 0.4) is 0 Å². The molecule has 158 valence electrons. The zero-order valence-electron chi connectivity index (χ0n) is 17.0. The molecule has 0 atom stereocenters. The lowest BCUT2D eigenvalue weighted by molar-refractivity contribution is 0.101. The van der Waals surface area contributed by atoms with Gasteiger partial charge in [-0.25, -0.2) is 4.98 Å². The van der Waals surface area contributed by atoms with E-state index in [1.807, 2.05) is 6.92 Å². The van der Waals surface area contributed by atoms with Crippen LogP contribution in [0.15, 0.2) is 44.3 Å². The van der Waals surface area contributed by atoms with Crippen molar-refractivity contribution in [1.82, 2.24) is 24.9 Å². The van der Waals surface area contributed by atoms with Gasteiger partial charge >= 0.3 is 0 Å². The summed E-state index contributed by atoms with van der Waals surface area (Å²) in [5.41, 5.74) is 1.96. The summed E-state index contributed by atoms with van der Waals surface area (Å²) in [6.45, 7) is 3.69. The van der Waals surface area contributed by atoms with Crippen molar-refractivity contribution in [2.24, 2.45) is 0 Å². The number of carbonyl (C=O) groups is 1. The molecular formula is C21H20N6O4. The van der Waals surface area contributed by atoms with E-state index in [9.17, 15) is 9.59 Å². The minimum Gasteiger partial charge on any atom is -0.461 e. The van der Waals surface area contributed by atoms with Gasteiger partial charge in [0.1, 0.15) is 5.82 Å². The van der Waals surface area contributed by atoms with Crippen LogP contribution in [0.25, 0.3) is 17.5 Å². The molecule has 0 unspecified atom stereocenters. The smallest absolute Gasteiger partial charge is 0.279 e.